The summed E-state index contributed by atoms with van der Waals surface area (Å²) in [7, 11) is 0. The summed E-state index contributed by atoms with van der Waals surface area (Å²) in [6.07, 6.45) is 1.46. The molecule has 5 heteroatoms. The average Bonchev–Trinajstić information content (AvgIpc) is 2.18. The van der Waals surface area contributed by atoms with Gasteiger partial charge in [0.1, 0.15) is 5.82 Å². The van der Waals surface area contributed by atoms with Gasteiger partial charge in [-0.25, -0.2) is 4.39 Å². The van der Waals surface area contributed by atoms with Crippen molar-refractivity contribution >= 4 is 24.0 Å². The molecule has 1 aromatic carbocycles. The smallest absolute Gasteiger partial charge is 0.146 e. The van der Waals surface area contributed by atoms with Gasteiger partial charge >= 0.3 is 0 Å². The molecular formula is C10H15Cl2FN2. The van der Waals surface area contributed by atoms with Gasteiger partial charge in [-0.05, 0) is 25.5 Å². The second-order valence-corrected chi connectivity index (χ2v) is 3.59. The van der Waals surface area contributed by atoms with Crippen molar-refractivity contribution in [2.75, 3.05) is 6.54 Å². The summed E-state index contributed by atoms with van der Waals surface area (Å²) in [6, 6.07) is 4.54. The van der Waals surface area contributed by atoms with Crippen LogP contribution in [0.4, 0.5) is 4.39 Å². The van der Waals surface area contributed by atoms with Gasteiger partial charge in [0, 0.05) is 11.6 Å². The van der Waals surface area contributed by atoms with Crippen LogP contribution in [-0.4, -0.2) is 6.54 Å². The van der Waals surface area contributed by atoms with E-state index in [0.717, 1.165) is 6.42 Å². The van der Waals surface area contributed by atoms with E-state index in [1.165, 1.54) is 6.07 Å². The molecular weight excluding hydrogens is 238 g/mol. The van der Waals surface area contributed by atoms with Crippen LogP contribution in [0.3, 0.4) is 0 Å². The highest BCUT2D eigenvalue weighted by atomic mass is 35.5. The third-order valence-corrected chi connectivity index (χ3v) is 2.39. The molecule has 86 valence electrons. The SMILES string of the molecule is Cl.NCCC[C@@H](N)c1cccc(Cl)c1F. The predicted molar refractivity (Wildman–Crippen MR) is 63.9 cm³/mol. The summed E-state index contributed by atoms with van der Waals surface area (Å²) in [4.78, 5) is 0. The zero-order chi connectivity index (χ0) is 10.6. The van der Waals surface area contributed by atoms with E-state index >= 15 is 0 Å². The molecule has 4 N–H and O–H groups in total. The maximum Gasteiger partial charge on any atom is 0.146 e. The highest BCUT2D eigenvalue weighted by Crippen LogP contribution is 2.24. The van der Waals surface area contributed by atoms with Crippen LogP contribution >= 0.6 is 24.0 Å². The zero-order valence-corrected chi connectivity index (χ0v) is 9.82. The van der Waals surface area contributed by atoms with Crippen molar-refractivity contribution < 1.29 is 4.39 Å². The summed E-state index contributed by atoms with van der Waals surface area (Å²) in [6.45, 7) is 0.565. The quantitative estimate of drug-likeness (QED) is 0.866. The van der Waals surface area contributed by atoms with Gasteiger partial charge in [-0.15, -0.1) is 12.4 Å². The summed E-state index contributed by atoms with van der Waals surface area (Å²) in [5, 5.41) is 0.116. The minimum atomic E-state index is -0.418. The van der Waals surface area contributed by atoms with Crippen LogP contribution < -0.4 is 11.5 Å². The lowest BCUT2D eigenvalue weighted by atomic mass is 10.0. The molecule has 0 saturated carbocycles. The van der Waals surface area contributed by atoms with E-state index < -0.39 is 5.82 Å². The van der Waals surface area contributed by atoms with E-state index in [0.29, 0.717) is 18.5 Å². The van der Waals surface area contributed by atoms with E-state index in [-0.39, 0.29) is 23.5 Å². The van der Waals surface area contributed by atoms with E-state index in [2.05, 4.69) is 0 Å². The molecule has 0 radical (unpaired) electrons. The van der Waals surface area contributed by atoms with Crippen molar-refractivity contribution in [1.82, 2.24) is 0 Å². The van der Waals surface area contributed by atoms with Crippen LogP contribution in [0.15, 0.2) is 18.2 Å². The summed E-state index contributed by atoms with van der Waals surface area (Å²) >= 11 is 5.64. The Bertz CT molecular complexity index is 307. The van der Waals surface area contributed by atoms with Crippen LogP contribution in [0.1, 0.15) is 24.4 Å². The minimum absolute atomic E-state index is 0. The fourth-order valence-electron chi connectivity index (χ4n) is 1.30. The maximum absolute atomic E-state index is 13.4. The molecule has 15 heavy (non-hydrogen) atoms. The molecule has 0 bridgehead atoms. The van der Waals surface area contributed by atoms with Gasteiger partial charge in [0.25, 0.3) is 0 Å². The molecule has 2 nitrogen and oxygen atoms in total. The van der Waals surface area contributed by atoms with E-state index in [1.54, 1.807) is 12.1 Å². The molecule has 0 spiro atoms. The first-order chi connectivity index (χ1) is 6.66. The van der Waals surface area contributed by atoms with Crippen molar-refractivity contribution in [3.05, 3.63) is 34.6 Å². The van der Waals surface area contributed by atoms with Gasteiger partial charge in [-0.3, -0.25) is 0 Å². The molecule has 0 fully saturated rings. The van der Waals surface area contributed by atoms with Crippen LogP contribution in [0.25, 0.3) is 0 Å². The lowest BCUT2D eigenvalue weighted by molar-refractivity contribution is 0.554. The van der Waals surface area contributed by atoms with E-state index in [9.17, 15) is 4.39 Å². The van der Waals surface area contributed by atoms with Crippen LogP contribution in [0.2, 0.25) is 5.02 Å². The predicted octanol–water partition coefficient (Wildman–Crippen LogP) is 2.64. The second-order valence-electron chi connectivity index (χ2n) is 3.18. The van der Waals surface area contributed by atoms with Gasteiger partial charge in [0.2, 0.25) is 0 Å². The van der Waals surface area contributed by atoms with Gasteiger partial charge in [-0.1, -0.05) is 23.7 Å². The Morgan fingerprint density at radius 2 is 2.07 bits per heavy atom. The maximum atomic E-state index is 13.4. The first kappa shape index (κ1) is 14.6. The van der Waals surface area contributed by atoms with Gasteiger partial charge in [0.15, 0.2) is 0 Å². The zero-order valence-electron chi connectivity index (χ0n) is 8.25. The standard InChI is InChI=1S/C10H14ClFN2.ClH/c11-8-4-1-3-7(10(8)12)9(14)5-2-6-13;/h1,3-4,9H,2,5-6,13-14H2;1H/t9-;/m1./s1. The lowest BCUT2D eigenvalue weighted by Crippen LogP contribution is -2.14. The topological polar surface area (TPSA) is 52.0 Å². The Kier molecular flexibility index (Phi) is 6.85. The molecule has 0 amide bonds. The van der Waals surface area contributed by atoms with Crippen molar-refractivity contribution in [2.24, 2.45) is 11.5 Å². The largest absolute Gasteiger partial charge is 0.330 e. The number of halogens is 3. The highest BCUT2D eigenvalue weighted by Gasteiger charge is 2.12. The van der Waals surface area contributed by atoms with Gasteiger partial charge in [-0.2, -0.15) is 0 Å². The normalized spacial score (nSPS) is 12.0. The molecule has 0 aliphatic rings. The minimum Gasteiger partial charge on any atom is -0.330 e. The second kappa shape index (κ2) is 7.01. The van der Waals surface area contributed by atoms with Crippen molar-refractivity contribution in [3.63, 3.8) is 0 Å². The monoisotopic (exact) mass is 252 g/mol. The molecule has 1 aromatic rings. The van der Waals surface area contributed by atoms with E-state index in [1.807, 2.05) is 0 Å². The molecule has 1 atom stereocenters. The first-order valence-corrected chi connectivity index (χ1v) is 4.94. The fraction of sp³-hybridized carbons (Fsp3) is 0.400. The average molecular weight is 253 g/mol. The highest BCUT2D eigenvalue weighted by molar-refractivity contribution is 6.30. The fourth-order valence-corrected chi connectivity index (χ4v) is 1.48. The number of benzene rings is 1. The number of nitrogens with two attached hydrogens (primary N) is 2. The summed E-state index contributed by atoms with van der Waals surface area (Å²) < 4.78 is 13.4. The summed E-state index contributed by atoms with van der Waals surface area (Å²) in [5.74, 6) is -0.418. The Labute approximate surface area is 100 Å². The summed E-state index contributed by atoms with van der Waals surface area (Å²) in [5.41, 5.74) is 11.6. The Balaban J connectivity index is 0.00000196. The Hall–Kier alpha value is -0.350. The van der Waals surface area contributed by atoms with Crippen LogP contribution in [-0.2, 0) is 0 Å². The molecule has 0 saturated heterocycles. The third-order valence-electron chi connectivity index (χ3n) is 2.10. The lowest BCUT2D eigenvalue weighted by Gasteiger charge is -2.12. The third kappa shape index (κ3) is 3.95. The Morgan fingerprint density at radius 3 is 2.67 bits per heavy atom. The van der Waals surface area contributed by atoms with E-state index in [4.69, 9.17) is 23.1 Å². The van der Waals surface area contributed by atoms with Gasteiger partial charge < -0.3 is 11.5 Å². The molecule has 0 aliphatic heterocycles. The number of hydrogen-bond donors (Lipinski definition) is 2. The van der Waals surface area contributed by atoms with Crippen LogP contribution in [0, 0.1) is 5.82 Å². The molecule has 1 rings (SSSR count). The molecule has 0 aromatic heterocycles. The molecule has 0 unspecified atom stereocenters. The number of rotatable bonds is 4. The molecule has 0 aliphatic carbocycles. The van der Waals surface area contributed by atoms with Crippen molar-refractivity contribution in [2.45, 2.75) is 18.9 Å². The van der Waals surface area contributed by atoms with Gasteiger partial charge in [0.05, 0.1) is 5.02 Å². The molecule has 0 heterocycles. The first-order valence-electron chi connectivity index (χ1n) is 4.56. The van der Waals surface area contributed by atoms with Crippen LogP contribution in [0.5, 0.6) is 0 Å². The van der Waals surface area contributed by atoms with Crippen molar-refractivity contribution in [3.8, 4) is 0 Å². The van der Waals surface area contributed by atoms with Crippen molar-refractivity contribution in [1.29, 1.82) is 0 Å². The number of hydrogen-bond acceptors (Lipinski definition) is 2. The Morgan fingerprint density at radius 1 is 1.40 bits per heavy atom.